The van der Waals surface area contributed by atoms with Crippen molar-refractivity contribution in [2.75, 3.05) is 20.2 Å². The van der Waals surface area contributed by atoms with Crippen LogP contribution in [0.2, 0.25) is 0 Å². The predicted molar refractivity (Wildman–Crippen MR) is 72.7 cm³/mol. The third kappa shape index (κ3) is 4.51. The summed E-state index contributed by atoms with van der Waals surface area (Å²) in [5.74, 6) is 0.765. The maximum absolute atomic E-state index is 9.31. The zero-order valence-corrected chi connectivity index (χ0v) is 11.1. The number of hydrogen-bond acceptors (Lipinski definition) is 4. The van der Waals surface area contributed by atoms with Gasteiger partial charge in [-0.3, -0.25) is 5.32 Å². The Balaban J connectivity index is 2.74. The minimum atomic E-state index is -0.723. The van der Waals surface area contributed by atoms with Gasteiger partial charge in [0, 0.05) is 24.4 Å². The van der Waals surface area contributed by atoms with E-state index in [0.29, 0.717) is 19.5 Å². The van der Waals surface area contributed by atoms with E-state index in [-0.39, 0.29) is 0 Å². The van der Waals surface area contributed by atoms with Gasteiger partial charge in [-0.15, -0.1) is 0 Å². The Bertz CT molecular complexity index is 504. The van der Waals surface area contributed by atoms with E-state index in [0.717, 1.165) is 11.3 Å². The molecule has 1 atom stereocenters. The van der Waals surface area contributed by atoms with E-state index in [1.807, 2.05) is 31.2 Å². The minimum absolute atomic E-state index is 0.319. The van der Waals surface area contributed by atoms with Crippen molar-refractivity contribution in [2.24, 2.45) is 5.11 Å². The number of rotatable bonds is 7. The maximum atomic E-state index is 9.31. The molecule has 0 bridgehead atoms. The number of nitrogens with zero attached hydrogens (tertiary/aromatic N) is 4. The molecule has 0 aliphatic rings. The number of benzene rings is 1. The van der Waals surface area contributed by atoms with E-state index in [4.69, 9.17) is 10.3 Å². The van der Waals surface area contributed by atoms with Crippen LogP contribution in [0, 0.1) is 11.3 Å². The van der Waals surface area contributed by atoms with Crippen LogP contribution in [0.5, 0.6) is 5.75 Å². The van der Waals surface area contributed by atoms with Crippen molar-refractivity contribution in [3.63, 3.8) is 0 Å². The molecule has 100 valence electrons. The fourth-order valence-electron chi connectivity index (χ4n) is 1.80. The lowest BCUT2D eigenvalue weighted by atomic mass is 9.93. The Labute approximate surface area is 112 Å². The van der Waals surface area contributed by atoms with Crippen LogP contribution in [0.25, 0.3) is 10.4 Å². The standard InChI is InChI=1S/C13H17N5O/c1-13(10-14,16-7-8-17-18-15)9-11-5-3-4-6-12(11)19-2/h3-6,16H,7-9H2,1-2H3. The zero-order valence-electron chi connectivity index (χ0n) is 11.1. The molecule has 1 N–H and O–H groups in total. The molecule has 0 aliphatic carbocycles. The molecule has 1 aromatic carbocycles. The summed E-state index contributed by atoms with van der Waals surface area (Å²) < 4.78 is 5.27. The fraction of sp³-hybridized carbons (Fsp3) is 0.462. The molecule has 0 saturated carbocycles. The van der Waals surface area contributed by atoms with Crippen LogP contribution >= 0.6 is 0 Å². The molecule has 6 heteroatoms. The summed E-state index contributed by atoms with van der Waals surface area (Å²) in [6, 6.07) is 9.86. The van der Waals surface area contributed by atoms with E-state index < -0.39 is 5.54 Å². The van der Waals surface area contributed by atoms with Gasteiger partial charge in [0.15, 0.2) is 0 Å². The summed E-state index contributed by atoms with van der Waals surface area (Å²) in [5.41, 5.74) is 8.45. The Morgan fingerprint density at radius 1 is 1.53 bits per heavy atom. The lowest BCUT2D eigenvalue weighted by Crippen LogP contribution is -2.44. The first-order chi connectivity index (χ1) is 9.15. The quantitative estimate of drug-likeness (QED) is 0.352. The molecule has 0 heterocycles. The number of nitrogens with one attached hydrogen (secondary N) is 1. The van der Waals surface area contributed by atoms with Crippen LogP contribution in [-0.2, 0) is 6.42 Å². The van der Waals surface area contributed by atoms with Gasteiger partial charge in [0.25, 0.3) is 0 Å². The molecule has 0 spiro atoms. The normalized spacial score (nSPS) is 12.9. The average Bonchev–Trinajstić information content (AvgIpc) is 2.44. The van der Waals surface area contributed by atoms with Crippen molar-refractivity contribution in [3.05, 3.63) is 40.3 Å². The van der Waals surface area contributed by atoms with Crippen LogP contribution in [0.1, 0.15) is 12.5 Å². The summed E-state index contributed by atoms with van der Waals surface area (Å²) >= 11 is 0. The fourth-order valence-corrected chi connectivity index (χ4v) is 1.80. The second-order valence-corrected chi connectivity index (χ2v) is 4.31. The van der Waals surface area contributed by atoms with Gasteiger partial charge < -0.3 is 4.74 Å². The van der Waals surface area contributed by atoms with E-state index in [9.17, 15) is 5.26 Å². The number of methoxy groups -OCH3 is 1. The summed E-state index contributed by atoms with van der Waals surface area (Å²) in [4.78, 5) is 2.67. The van der Waals surface area contributed by atoms with Crippen molar-refractivity contribution in [2.45, 2.75) is 18.9 Å². The summed E-state index contributed by atoms with van der Waals surface area (Å²) in [7, 11) is 1.61. The van der Waals surface area contributed by atoms with Gasteiger partial charge in [-0.2, -0.15) is 5.26 Å². The van der Waals surface area contributed by atoms with Crippen molar-refractivity contribution < 1.29 is 4.74 Å². The van der Waals surface area contributed by atoms with E-state index in [1.165, 1.54) is 0 Å². The number of hydrogen-bond donors (Lipinski definition) is 1. The molecule has 0 radical (unpaired) electrons. The predicted octanol–water partition coefficient (Wildman–Crippen LogP) is 2.42. The molecule has 0 aromatic heterocycles. The highest BCUT2D eigenvalue weighted by atomic mass is 16.5. The molecule has 0 fully saturated rings. The van der Waals surface area contributed by atoms with E-state index in [2.05, 4.69) is 21.4 Å². The van der Waals surface area contributed by atoms with Crippen molar-refractivity contribution in [1.82, 2.24) is 5.32 Å². The lowest BCUT2D eigenvalue weighted by molar-refractivity contribution is 0.396. The van der Waals surface area contributed by atoms with Crippen molar-refractivity contribution in [3.8, 4) is 11.8 Å². The second kappa shape index (κ2) is 7.27. The molecular formula is C13H17N5O. The van der Waals surface area contributed by atoms with E-state index in [1.54, 1.807) is 7.11 Å². The highest BCUT2D eigenvalue weighted by Crippen LogP contribution is 2.22. The Kier molecular flexibility index (Phi) is 5.68. The van der Waals surface area contributed by atoms with Crippen LogP contribution in [-0.4, -0.2) is 25.7 Å². The van der Waals surface area contributed by atoms with Gasteiger partial charge in [0.2, 0.25) is 0 Å². The van der Waals surface area contributed by atoms with Gasteiger partial charge >= 0.3 is 0 Å². The second-order valence-electron chi connectivity index (χ2n) is 4.31. The van der Waals surface area contributed by atoms with Crippen LogP contribution < -0.4 is 10.1 Å². The van der Waals surface area contributed by atoms with Crippen LogP contribution in [0.15, 0.2) is 29.4 Å². The third-order valence-electron chi connectivity index (χ3n) is 2.77. The molecule has 1 unspecified atom stereocenters. The number of azide groups is 1. The van der Waals surface area contributed by atoms with Gasteiger partial charge in [0.05, 0.1) is 13.2 Å². The van der Waals surface area contributed by atoms with E-state index >= 15 is 0 Å². The first-order valence-corrected chi connectivity index (χ1v) is 5.94. The molecule has 1 rings (SSSR count). The van der Waals surface area contributed by atoms with Gasteiger partial charge in [0.1, 0.15) is 11.3 Å². The topological polar surface area (TPSA) is 93.8 Å². The molecular weight excluding hydrogens is 242 g/mol. The van der Waals surface area contributed by atoms with Gasteiger partial charge in [-0.1, -0.05) is 23.3 Å². The minimum Gasteiger partial charge on any atom is -0.496 e. The molecule has 0 amide bonds. The molecule has 6 nitrogen and oxygen atoms in total. The third-order valence-corrected chi connectivity index (χ3v) is 2.77. The lowest BCUT2D eigenvalue weighted by Gasteiger charge is -2.24. The SMILES string of the molecule is COc1ccccc1CC(C)(C#N)NCCN=[N+]=[N-]. The molecule has 0 saturated heterocycles. The number of nitriles is 1. The monoisotopic (exact) mass is 259 g/mol. The Hall–Kier alpha value is -2.22. The Morgan fingerprint density at radius 3 is 2.89 bits per heavy atom. The van der Waals surface area contributed by atoms with Gasteiger partial charge in [-0.25, -0.2) is 0 Å². The Morgan fingerprint density at radius 2 is 2.26 bits per heavy atom. The highest BCUT2D eigenvalue weighted by Gasteiger charge is 2.24. The summed E-state index contributed by atoms with van der Waals surface area (Å²) in [6.07, 6.45) is 0.518. The maximum Gasteiger partial charge on any atom is 0.122 e. The summed E-state index contributed by atoms with van der Waals surface area (Å²) in [5, 5.41) is 15.8. The van der Waals surface area contributed by atoms with Gasteiger partial charge in [-0.05, 0) is 24.1 Å². The molecule has 0 aliphatic heterocycles. The smallest absolute Gasteiger partial charge is 0.122 e. The molecule has 1 aromatic rings. The highest BCUT2D eigenvalue weighted by molar-refractivity contribution is 5.35. The van der Waals surface area contributed by atoms with Crippen LogP contribution in [0.4, 0.5) is 0 Å². The van der Waals surface area contributed by atoms with Crippen molar-refractivity contribution >= 4 is 0 Å². The summed E-state index contributed by atoms with van der Waals surface area (Å²) in [6.45, 7) is 2.60. The average molecular weight is 259 g/mol. The van der Waals surface area contributed by atoms with Crippen LogP contribution in [0.3, 0.4) is 0 Å². The molecule has 19 heavy (non-hydrogen) atoms. The van der Waals surface area contributed by atoms with Crippen molar-refractivity contribution in [1.29, 1.82) is 5.26 Å². The zero-order chi connectivity index (χ0) is 14.1. The first-order valence-electron chi connectivity index (χ1n) is 5.94. The number of para-hydroxylation sites is 1. The largest absolute Gasteiger partial charge is 0.496 e. The number of ether oxygens (including phenoxy) is 1. The first kappa shape index (κ1) is 14.8.